The van der Waals surface area contributed by atoms with Gasteiger partial charge in [0.2, 0.25) is 5.91 Å². The summed E-state index contributed by atoms with van der Waals surface area (Å²) in [7, 11) is 1.35. The minimum absolute atomic E-state index is 0.0213. The van der Waals surface area contributed by atoms with Gasteiger partial charge in [-0.1, -0.05) is 15.9 Å². The second-order valence-electron chi connectivity index (χ2n) is 5.32. The van der Waals surface area contributed by atoms with Crippen molar-refractivity contribution >= 4 is 39.6 Å². The predicted molar refractivity (Wildman–Crippen MR) is 98.3 cm³/mol. The first-order valence-electron chi connectivity index (χ1n) is 7.34. The lowest BCUT2D eigenvalue weighted by atomic mass is 10.1. The topological polar surface area (TPSA) is 81.9 Å². The monoisotopic (exact) mass is 422 g/mol. The van der Waals surface area contributed by atoms with Crippen LogP contribution in [0.3, 0.4) is 0 Å². The quantitative estimate of drug-likeness (QED) is 0.734. The number of thioether (sulfide) groups is 1. The molecule has 130 valence electrons. The van der Waals surface area contributed by atoms with E-state index >= 15 is 0 Å². The first-order valence-corrected chi connectivity index (χ1v) is 9.01. The first kappa shape index (κ1) is 17.6. The van der Waals surface area contributed by atoms with Crippen LogP contribution in [0, 0.1) is 0 Å². The SMILES string of the molecule is COC(=O)C1C=C2C(Oc3ccc(Br)cc3)=CN(CC(N)=O)C=C2S1. The number of rotatable bonds is 5. The predicted octanol–water partition coefficient (Wildman–Crippen LogP) is 2.53. The standard InChI is InChI=1S/C17H15BrN2O4S/c1-23-17(22)14-6-12-13(24-11-4-2-10(18)3-5-11)7-20(9-16(19)21)8-15(12)25-14/h2-8,14H,9H2,1H3,(H2,19,21). The summed E-state index contributed by atoms with van der Waals surface area (Å²) < 4.78 is 11.7. The van der Waals surface area contributed by atoms with Crippen molar-refractivity contribution in [1.29, 1.82) is 0 Å². The summed E-state index contributed by atoms with van der Waals surface area (Å²) >= 11 is 4.73. The number of carbonyl (C=O) groups excluding carboxylic acids is 2. The molecule has 1 aromatic rings. The van der Waals surface area contributed by atoms with Crippen molar-refractivity contribution in [2.45, 2.75) is 5.25 Å². The van der Waals surface area contributed by atoms with Crippen molar-refractivity contribution in [2.75, 3.05) is 13.7 Å². The van der Waals surface area contributed by atoms with Crippen LogP contribution in [0.15, 0.2) is 63.5 Å². The van der Waals surface area contributed by atoms with E-state index < -0.39 is 11.2 Å². The number of fused-ring (bicyclic) bond motifs is 1. The highest BCUT2D eigenvalue weighted by Crippen LogP contribution is 2.43. The van der Waals surface area contributed by atoms with Crippen LogP contribution in [0.2, 0.25) is 0 Å². The number of nitrogens with two attached hydrogens (primary N) is 1. The van der Waals surface area contributed by atoms with E-state index in [1.54, 1.807) is 23.4 Å². The van der Waals surface area contributed by atoms with Crippen molar-refractivity contribution in [3.8, 4) is 5.75 Å². The number of halogens is 1. The van der Waals surface area contributed by atoms with Gasteiger partial charge in [-0.3, -0.25) is 9.59 Å². The normalized spacial score (nSPS) is 18.7. The summed E-state index contributed by atoms with van der Waals surface area (Å²) in [6.45, 7) is 0.0213. The number of methoxy groups -OCH3 is 1. The van der Waals surface area contributed by atoms with Crippen LogP contribution >= 0.6 is 27.7 Å². The Bertz CT molecular complexity index is 801. The van der Waals surface area contributed by atoms with E-state index in [1.807, 2.05) is 24.3 Å². The van der Waals surface area contributed by atoms with Gasteiger partial charge in [-0.15, -0.1) is 11.8 Å². The Balaban J connectivity index is 1.90. The third kappa shape index (κ3) is 4.08. The number of nitrogens with zero attached hydrogens (tertiary/aromatic N) is 1. The lowest BCUT2D eigenvalue weighted by molar-refractivity contribution is -0.139. The van der Waals surface area contributed by atoms with Crippen molar-refractivity contribution in [2.24, 2.45) is 5.73 Å². The highest BCUT2D eigenvalue weighted by atomic mass is 79.9. The highest BCUT2D eigenvalue weighted by molar-refractivity contribution is 9.10. The molecule has 25 heavy (non-hydrogen) atoms. The third-order valence-corrected chi connectivity index (χ3v) is 5.17. The van der Waals surface area contributed by atoms with Gasteiger partial charge in [-0.05, 0) is 30.3 Å². The molecule has 0 fully saturated rings. The molecule has 3 rings (SSSR count). The second kappa shape index (κ2) is 7.37. The molecule has 0 saturated carbocycles. The van der Waals surface area contributed by atoms with Gasteiger partial charge < -0.3 is 20.1 Å². The van der Waals surface area contributed by atoms with E-state index in [1.165, 1.54) is 18.9 Å². The molecule has 0 spiro atoms. The lowest BCUT2D eigenvalue weighted by Gasteiger charge is -2.23. The molecule has 2 aliphatic rings. The number of allylic oxidation sites excluding steroid dienone is 1. The maximum atomic E-state index is 11.9. The molecule has 0 radical (unpaired) electrons. The van der Waals surface area contributed by atoms with Crippen LogP contribution in [0.1, 0.15) is 0 Å². The zero-order valence-corrected chi connectivity index (χ0v) is 15.7. The van der Waals surface area contributed by atoms with Crippen LogP contribution in [0.25, 0.3) is 0 Å². The van der Waals surface area contributed by atoms with Gasteiger partial charge in [0.15, 0.2) is 5.76 Å². The Labute approximate surface area is 157 Å². The Morgan fingerprint density at radius 2 is 2.00 bits per heavy atom. The van der Waals surface area contributed by atoms with Crippen LogP contribution in [-0.2, 0) is 14.3 Å². The average Bonchev–Trinajstić information content (AvgIpc) is 3.00. The van der Waals surface area contributed by atoms with Crippen LogP contribution < -0.4 is 10.5 Å². The van der Waals surface area contributed by atoms with E-state index in [4.69, 9.17) is 15.2 Å². The number of ether oxygens (including phenoxy) is 2. The average molecular weight is 423 g/mol. The molecule has 1 unspecified atom stereocenters. The van der Waals surface area contributed by atoms with Crippen LogP contribution in [0.5, 0.6) is 5.75 Å². The van der Waals surface area contributed by atoms with Gasteiger partial charge in [-0.2, -0.15) is 0 Å². The van der Waals surface area contributed by atoms with Crippen LogP contribution in [0.4, 0.5) is 0 Å². The second-order valence-corrected chi connectivity index (χ2v) is 7.42. The molecule has 1 atom stereocenters. The molecule has 1 amide bonds. The smallest absolute Gasteiger partial charge is 0.323 e. The van der Waals surface area contributed by atoms with Crippen molar-refractivity contribution < 1.29 is 19.1 Å². The number of esters is 1. The molecule has 6 nitrogen and oxygen atoms in total. The molecule has 2 heterocycles. The van der Waals surface area contributed by atoms with Gasteiger partial charge in [0.05, 0.1) is 7.11 Å². The van der Waals surface area contributed by atoms with E-state index in [2.05, 4.69) is 15.9 Å². The zero-order chi connectivity index (χ0) is 18.0. The van der Waals surface area contributed by atoms with E-state index in [-0.39, 0.29) is 12.5 Å². The fourth-order valence-corrected chi connectivity index (χ4v) is 3.82. The lowest BCUT2D eigenvalue weighted by Crippen LogP contribution is -2.28. The molecule has 1 aromatic carbocycles. The zero-order valence-electron chi connectivity index (χ0n) is 13.3. The largest absolute Gasteiger partial charge is 0.468 e. The number of hydrogen-bond donors (Lipinski definition) is 1. The molecule has 0 aliphatic carbocycles. The van der Waals surface area contributed by atoms with Crippen molar-refractivity contribution in [3.05, 3.63) is 63.5 Å². The minimum atomic E-state index is -0.462. The molecular formula is C17H15BrN2O4S. The van der Waals surface area contributed by atoms with E-state index in [9.17, 15) is 9.59 Å². The molecule has 8 heteroatoms. The summed E-state index contributed by atoms with van der Waals surface area (Å²) in [5, 5.41) is -0.448. The third-order valence-electron chi connectivity index (χ3n) is 3.48. The van der Waals surface area contributed by atoms with Crippen LogP contribution in [-0.4, -0.2) is 35.7 Å². The Hall–Kier alpha value is -2.19. The summed E-state index contributed by atoms with van der Waals surface area (Å²) in [6, 6.07) is 7.38. The van der Waals surface area contributed by atoms with E-state index in [0.717, 1.165) is 15.0 Å². The molecule has 0 bridgehead atoms. The maximum Gasteiger partial charge on any atom is 0.323 e. The fourth-order valence-electron chi connectivity index (χ4n) is 2.39. The van der Waals surface area contributed by atoms with Gasteiger partial charge in [0.25, 0.3) is 0 Å². The van der Waals surface area contributed by atoms with Gasteiger partial charge >= 0.3 is 5.97 Å². The van der Waals surface area contributed by atoms with E-state index in [0.29, 0.717) is 11.5 Å². The summed E-state index contributed by atoms with van der Waals surface area (Å²) in [4.78, 5) is 25.6. The summed E-state index contributed by atoms with van der Waals surface area (Å²) in [5.74, 6) is 0.385. The molecule has 2 aliphatic heterocycles. The number of hydrogen-bond acceptors (Lipinski definition) is 6. The Kier molecular flexibility index (Phi) is 5.19. The molecular weight excluding hydrogens is 408 g/mol. The maximum absolute atomic E-state index is 11.9. The van der Waals surface area contributed by atoms with Crippen molar-refractivity contribution in [1.82, 2.24) is 4.90 Å². The fraction of sp³-hybridized carbons (Fsp3) is 0.176. The minimum Gasteiger partial charge on any atom is -0.468 e. The first-order chi connectivity index (χ1) is 12.0. The van der Waals surface area contributed by atoms with Gasteiger partial charge in [0, 0.05) is 27.4 Å². The number of amides is 1. The summed E-state index contributed by atoms with van der Waals surface area (Å²) in [6.07, 6.45) is 5.27. The number of carbonyl (C=O) groups is 2. The molecule has 2 N–H and O–H groups in total. The highest BCUT2D eigenvalue weighted by Gasteiger charge is 2.33. The number of primary amides is 1. The molecule has 0 saturated heterocycles. The molecule has 0 aromatic heterocycles. The Morgan fingerprint density at radius 3 is 2.64 bits per heavy atom. The summed E-state index contributed by atoms with van der Waals surface area (Å²) in [5.41, 5.74) is 6.09. The number of benzene rings is 1. The van der Waals surface area contributed by atoms with Gasteiger partial charge in [0.1, 0.15) is 17.5 Å². The van der Waals surface area contributed by atoms with Gasteiger partial charge in [-0.25, -0.2) is 0 Å². The Morgan fingerprint density at radius 1 is 1.28 bits per heavy atom. The van der Waals surface area contributed by atoms with Crippen molar-refractivity contribution in [3.63, 3.8) is 0 Å².